The van der Waals surface area contributed by atoms with E-state index in [0.717, 1.165) is 13.0 Å². The van der Waals surface area contributed by atoms with Crippen LogP contribution in [0.3, 0.4) is 0 Å². The molecule has 0 fully saturated rings. The number of anilines is 1. The molecule has 0 spiro atoms. The molecule has 1 aromatic heterocycles. The van der Waals surface area contributed by atoms with Crippen molar-refractivity contribution in [2.45, 2.75) is 13.3 Å². The average Bonchev–Trinajstić information content (AvgIpc) is 2.17. The van der Waals surface area contributed by atoms with Gasteiger partial charge in [0, 0.05) is 12.4 Å². The van der Waals surface area contributed by atoms with Gasteiger partial charge in [0.05, 0.1) is 17.4 Å². The molecule has 0 bridgehead atoms. The van der Waals surface area contributed by atoms with E-state index >= 15 is 0 Å². The van der Waals surface area contributed by atoms with Gasteiger partial charge in [-0.2, -0.15) is 0 Å². The first kappa shape index (κ1) is 11.5. The van der Waals surface area contributed by atoms with E-state index in [9.17, 15) is 0 Å². The van der Waals surface area contributed by atoms with Crippen molar-refractivity contribution in [2.75, 3.05) is 17.7 Å². The summed E-state index contributed by atoms with van der Waals surface area (Å²) in [5, 5.41) is 3.66. The van der Waals surface area contributed by atoms with Crippen molar-refractivity contribution in [3.8, 4) is 0 Å². The van der Waals surface area contributed by atoms with Gasteiger partial charge in [0.15, 0.2) is 0 Å². The maximum absolute atomic E-state index is 5.65. The smallest absolute Gasteiger partial charge is 0.222 e. The minimum atomic E-state index is 0.520. The third-order valence-corrected chi connectivity index (χ3v) is 2.24. The van der Waals surface area contributed by atoms with Gasteiger partial charge in [-0.05, 0) is 12.3 Å². The summed E-state index contributed by atoms with van der Waals surface area (Å²) in [6.45, 7) is 2.96. The lowest BCUT2D eigenvalue weighted by molar-refractivity contribution is 0.594. The Labute approximate surface area is 93.9 Å². The van der Waals surface area contributed by atoms with Crippen molar-refractivity contribution >= 4 is 29.2 Å². The maximum Gasteiger partial charge on any atom is 0.222 e. The first-order chi connectivity index (χ1) is 6.72. The van der Waals surface area contributed by atoms with Crippen molar-refractivity contribution in [1.29, 1.82) is 0 Å². The number of hydrogen-bond donors (Lipinski definition) is 1. The van der Waals surface area contributed by atoms with Crippen LogP contribution >= 0.6 is 23.2 Å². The Morgan fingerprint density at radius 3 is 2.64 bits per heavy atom. The van der Waals surface area contributed by atoms with Gasteiger partial charge in [0.25, 0.3) is 0 Å². The standard InChI is InChI=1S/C9H13Cl2N3/c1-7(2-3-10)4-12-9-13-5-8(11)6-14-9/h5-7H,2-4H2,1H3,(H,12,13,14). The van der Waals surface area contributed by atoms with Gasteiger partial charge in [-0.1, -0.05) is 18.5 Å². The van der Waals surface area contributed by atoms with Crippen LogP contribution in [0.5, 0.6) is 0 Å². The van der Waals surface area contributed by atoms with E-state index in [-0.39, 0.29) is 0 Å². The lowest BCUT2D eigenvalue weighted by atomic mass is 10.1. The highest BCUT2D eigenvalue weighted by Crippen LogP contribution is 2.07. The van der Waals surface area contributed by atoms with Gasteiger partial charge in [0.1, 0.15) is 0 Å². The molecule has 1 unspecified atom stereocenters. The normalized spacial score (nSPS) is 12.5. The van der Waals surface area contributed by atoms with E-state index < -0.39 is 0 Å². The van der Waals surface area contributed by atoms with Crippen LogP contribution in [0.2, 0.25) is 5.02 Å². The molecule has 0 aromatic carbocycles. The Morgan fingerprint density at radius 2 is 2.07 bits per heavy atom. The Kier molecular flexibility index (Phi) is 4.98. The Balaban J connectivity index is 2.34. The Bertz CT molecular complexity index is 263. The first-order valence-corrected chi connectivity index (χ1v) is 5.41. The molecule has 0 aliphatic carbocycles. The molecule has 1 rings (SSSR count). The maximum atomic E-state index is 5.65. The van der Waals surface area contributed by atoms with E-state index in [1.165, 1.54) is 0 Å². The molecule has 1 aromatic rings. The Morgan fingerprint density at radius 1 is 1.43 bits per heavy atom. The van der Waals surface area contributed by atoms with Crippen LogP contribution in [-0.4, -0.2) is 22.4 Å². The van der Waals surface area contributed by atoms with Gasteiger partial charge in [-0.3, -0.25) is 0 Å². The number of halogens is 2. The molecule has 0 amide bonds. The predicted molar refractivity (Wildman–Crippen MR) is 60.0 cm³/mol. The monoisotopic (exact) mass is 233 g/mol. The summed E-state index contributed by atoms with van der Waals surface area (Å²) in [6.07, 6.45) is 4.13. The quantitative estimate of drug-likeness (QED) is 0.796. The summed E-state index contributed by atoms with van der Waals surface area (Å²) in [5.41, 5.74) is 0. The van der Waals surface area contributed by atoms with Gasteiger partial charge < -0.3 is 5.32 Å². The van der Waals surface area contributed by atoms with Crippen LogP contribution in [0.25, 0.3) is 0 Å². The minimum Gasteiger partial charge on any atom is -0.354 e. The van der Waals surface area contributed by atoms with Crippen LogP contribution in [0.4, 0.5) is 5.95 Å². The summed E-state index contributed by atoms with van der Waals surface area (Å²) in [7, 11) is 0. The second-order valence-electron chi connectivity index (χ2n) is 3.19. The highest BCUT2D eigenvalue weighted by atomic mass is 35.5. The predicted octanol–water partition coefficient (Wildman–Crippen LogP) is 2.81. The zero-order valence-electron chi connectivity index (χ0n) is 8.00. The molecular weight excluding hydrogens is 221 g/mol. The van der Waals surface area contributed by atoms with E-state index in [1.807, 2.05) is 0 Å². The van der Waals surface area contributed by atoms with Crippen molar-refractivity contribution in [3.63, 3.8) is 0 Å². The van der Waals surface area contributed by atoms with Gasteiger partial charge in [-0.25, -0.2) is 9.97 Å². The van der Waals surface area contributed by atoms with Gasteiger partial charge in [0.2, 0.25) is 5.95 Å². The lowest BCUT2D eigenvalue weighted by Crippen LogP contribution is -2.13. The molecule has 3 nitrogen and oxygen atoms in total. The molecule has 78 valence electrons. The number of nitrogens with zero attached hydrogens (tertiary/aromatic N) is 2. The van der Waals surface area contributed by atoms with Crippen LogP contribution in [0.15, 0.2) is 12.4 Å². The molecule has 0 aliphatic rings. The van der Waals surface area contributed by atoms with Gasteiger partial charge >= 0.3 is 0 Å². The fraction of sp³-hybridized carbons (Fsp3) is 0.556. The molecule has 0 saturated heterocycles. The summed E-state index contributed by atoms with van der Waals surface area (Å²) >= 11 is 11.3. The van der Waals surface area contributed by atoms with Crippen molar-refractivity contribution in [1.82, 2.24) is 9.97 Å². The first-order valence-electron chi connectivity index (χ1n) is 4.49. The minimum absolute atomic E-state index is 0.520. The number of hydrogen-bond acceptors (Lipinski definition) is 3. The number of alkyl halides is 1. The summed E-state index contributed by atoms with van der Waals surface area (Å²) < 4.78 is 0. The van der Waals surface area contributed by atoms with Crippen LogP contribution in [0.1, 0.15) is 13.3 Å². The largest absolute Gasteiger partial charge is 0.354 e. The molecule has 1 N–H and O–H groups in total. The van der Waals surface area contributed by atoms with E-state index in [0.29, 0.717) is 22.8 Å². The molecule has 14 heavy (non-hydrogen) atoms. The van der Waals surface area contributed by atoms with E-state index in [1.54, 1.807) is 12.4 Å². The molecule has 5 heteroatoms. The third-order valence-electron chi connectivity index (χ3n) is 1.83. The average molecular weight is 234 g/mol. The molecule has 0 radical (unpaired) electrons. The number of nitrogens with one attached hydrogen (secondary N) is 1. The second kappa shape index (κ2) is 6.04. The molecule has 1 heterocycles. The van der Waals surface area contributed by atoms with Crippen LogP contribution in [-0.2, 0) is 0 Å². The van der Waals surface area contributed by atoms with E-state index in [2.05, 4.69) is 22.2 Å². The van der Waals surface area contributed by atoms with Crippen LogP contribution < -0.4 is 5.32 Å². The second-order valence-corrected chi connectivity index (χ2v) is 4.00. The zero-order valence-corrected chi connectivity index (χ0v) is 9.52. The van der Waals surface area contributed by atoms with Crippen molar-refractivity contribution < 1.29 is 0 Å². The summed E-state index contributed by atoms with van der Waals surface area (Å²) in [4.78, 5) is 8.05. The van der Waals surface area contributed by atoms with Gasteiger partial charge in [-0.15, -0.1) is 11.6 Å². The lowest BCUT2D eigenvalue weighted by Gasteiger charge is -2.10. The highest BCUT2D eigenvalue weighted by Gasteiger charge is 2.01. The fourth-order valence-electron chi connectivity index (χ4n) is 0.957. The fourth-order valence-corrected chi connectivity index (χ4v) is 1.43. The topological polar surface area (TPSA) is 37.8 Å². The summed E-state index contributed by atoms with van der Waals surface area (Å²) in [5.74, 6) is 1.81. The SMILES string of the molecule is CC(CCCl)CNc1ncc(Cl)cn1. The summed E-state index contributed by atoms with van der Waals surface area (Å²) in [6, 6.07) is 0. The van der Waals surface area contributed by atoms with Crippen LogP contribution in [0, 0.1) is 5.92 Å². The third kappa shape index (κ3) is 4.11. The van der Waals surface area contributed by atoms with E-state index in [4.69, 9.17) is 23.2 Å². The van der Waals surface area contributed by atoms with Crippen molar-refractivity contribution in [2.24, 2.45) is 5.92 Å². The molecule has 1 atom stereocenters. The number of aromatic nitrogens is 2. The highest BCUT2D eigenvalue weighted by molar-refractivity contribution is 6.30. The van der Waals surface area contributed by atoms with Crippen molar-refractivity contribution in [3.05, 3.63) is 17.4 Å². The zero-order chi connectivity index (χ0) is 10.4. The Hall–Kier alpha value is -0.540. The molecule has 0 aliphatic heterocycles. The number of rotatable bonds is 5. The molecule has 0 saturated carbocycles. The molecular formula is C9H13Cl2N3.